The maximum atomic E-state index is 11.4. The molecule has 2 heterocycles. The molecule has 3 rings (SSSR count). The predicted octanol–water partition coefficient (Wildman–Crippen LogP) is 2.91. The number of carbonyl (C=O) groups excluding carboxylic acids is 1. The summed E-state index contributed by atoms with van der Waals surface area (Å²) in [6, 6.07) is 9.31. The maximum Gasteiger partial charge on any atom is 0.153 e. The Kier molecular flexibility index (Phi) is 4.05. The maximum absolute atomic E-state index is 11.4. The number of hydrogen-bond acceptors (Lipinski definition) is 6. The summed E-state index contributed by atoms with van der Waals surface area (Å²) in [5.74, 6) is 0.720. The number of hydrazine groups is 1. The first-order chi connectivity index (χ1) is 11.2. The first-order valence-electron chi connectivity index (χ1n) is 7.05. The smallest absolute Gasteiger partial charge is 0.153 e. The minimum Gasteiger partial charge on any atom is -0.497 e. The number of hydrogen-bond donors (Lipinski definition) is 1. The molecule has 0 radical (unpaired) electrons. The SMILES string of the molecule is COc1ccc2c(NN(C)c3ccncc3)c(C=O)cnc2c1. The van der Waals surface area contributed by atoms with Crippen molar-refractivity contribution in [2.45, 2.75) is 0 Å². The van der Waals surface area contributed by atoms with Crippen LogP contribution in [-0.4, -0.2) is 30.4 Å². The second-order valence-electron chi connectivity index (χ2n) is 4.97. The van der Waals surface area contributed by atoms with Crippen molar-refractivity contribution in [3.63, 3.8) is 0 Å². The number of aromatic nitrogens is 2. The highest BCUT2D eigenvalue weighted by Crippen LogP contribution is 2.29. The second kappa shape index (κ2) is 6.31. The zero-order chi connectivity index (χ0) is 16.2. The molecule has 6 nitrogen and oxygen atoms in total. The highest BCUT2D eigenvalue weighted by Gasteiger charge is 2.11. The van der Waals surface area contributed by atoms with Crippen molar-refractivity contribution < 1.29 is 9.53 Å². The van der Waals surface area contributed by atoms with Crippen molar-refractivity contribution in [1.29, 1.82) is 0 Å². The molecule has 0 atom stereocenters. The number of anilines is 2. The van der Waals surface area contributed by atoms with Gasteiger partial charge in [-0.05, 0) is 24.3 Å². The van der Waals surface area contributed by atoms with E-state index in [9.17, 15) is 4.79 Å². The molecule has 0 aliphatic carbocycles. The van der Waals surface area contributed by atoms with E-state index in [2.05, 4.69) is 15.4 Å². The lowest BCUT2D eigenvalue weighted by Gasteiger charge is -2.23. The van der Waals surface area contributed by atoms with Gasteiger partial charge in [-0.15, -0.1) is 0 Å². The van der Waals surface area contributed by atoms with Crippen LogP contribution in [0.3, 0.4) is 0 Å². The summed E-state index contributed by atoms with van der Waals surface area (Å²) in [7, 11) is 3.48. The number of aldehydes is 1. The number of ether oxygens (including phenoxy) is 1. The predicted molar refractivity (Wildman–Crippen MR) is 89.9 cm³/mol. The quantitative estimate of drug-likeness (QED) is 0.577. The van der Waals surface area contributed by atoms with Crippen molar-refractivity contribution in [1.82, 2.24) is 9.97 Å². The Morgan fingerprint density at radius 2 is 2.00 bits per heavy atom. The Bertz CT molecular complexity index is 837. The topological polar surface area (TPSA) is 67.3 Å². The van der Waals surface area contributed by atoms with Gasteiger partial charge < -0.3 is 4.74 Å². The molecule has 1 aromatic carbocycles. The first-order valence-corrected chi connectivity index (χ1v) is 7.05. The van der Waals surface area contributed by atoms with E-state index in [1.807, 2.05) is 42.4 Å². The van der Waals surface area contributed by atoms with E-state index in [-0.39, 0.29) is 0 Å². The summed E-state index contributed by atoms with van der Waals surface area (Å²) in [4.78, 5) is 19.7. The number of rotatable bonds is 5. The number of benzene rings is 1. The fourth-order valence-corrected chi connectivity index (χ4v) is 2.33. The molecule has 0 saturated heterocycles. The third kappa shape index (κ3) is 2.91. The summed E-state index contributed by atoms with van der Waals surface area (Å²) in [5, 5.41) is 2.67. The Morgan fingerprint density at radius 3 is 2.70 bits per heavy atom. The number of nitrogens with one attached hydrogen (secondary N) is 1. The number of methoxy groups -OCH3 is 1. The van der Waals surface area contributed by atoms with E-state index < -0.39 is 0 Å². The summed E-state index contributed by atoms with van der Waals surface area (Å²) in [5.41, 5.74) is 6.12. The van der Waals surface area contributed by atoms with Crippen LogP contribution in [0.1, 0.15) is 10.4 Å². The molecule has 0 spiro atoms. The third-order valence-electron chi connectivity index (χ3n) is 3.56. The van der Waals surface area contributed by atoms with Crippen LogP contribution in [0.5, 0.6) is 5.75 Å². The van der Waals surface area contributed by atoms with Gasteiger partial charge in [-0.1, -0.05) is 0 Å². The molecule has 0 fully saturated rings. The van der Waals surface area contributed by atoms with E-state index >= 15 is 0 Å². The van der Waals surface area contributed by atoms with Crippen molar-refractivity contribution >= 4 is 28.6 Å². The number of pyridine rings is 2. The Morgan fingerprint density at radius 1 is 1.22 bits per heavy atom. The second-order valence-corrected chi connectivity index (χ2v) is 4.97. The molecule has 0 saturated carbocycles. The highest BCUT2D eigenvalue weighted by atomic mass is 16.5. The Labute approximate surface area is 133 Å². The average Bonchev–Trinajstić information content (AvgIpc) is 2.62. The Hall–Kier alpha value is -3.15. The zero-order valence-corrected chi connectivity index (χ0v) is 12.9. The monoisotopic (exact) mass is 308 g/mol. The molecule has 0 aliphatic rings. The van der Waals surface area contributed by atoms with Gasteiger partial charge in [0.1, 0.15) is 5.75 Å². The van der Waals surface area contributed by atoms with Gasteiger partial charge >= 0.3 is 0 Å². The van der Waals surface area contributed by atoms with E-state index in [0.29, 0.717) is 11.3 Å². The Balaban J connectivity index is 2.05. The summed E-state index contributed by atoms with van der Waals surface area (Å²) in [6.45, 7) is 0. The molecule has 3 aromatic rings. The molecule has 6 heteroatoms. The van der Waals surface area contributed by atoms with Crippen molar-refractivity contribution in [2.75, 3.05) is 24.6 Å². The van der Waals surface area contributed by atoms with Crippen LogP contribution in [0.15, 0.2) is 48.9 Å². The fourth-order valence-electron chi connectivity index (χ4n) is 2.33. The van der Waals surface area contributed by atoms with Gasteiger partial charge in [0.15, 0.2) is 6.29 Å². The minimum atomic E-state index is 0.489. The number of nitrogens with zero attached hydrogens (tertiary/aromatic N) is 3. The summed E-state index contributed by atoms with van der Waals surface area (Å²) >= 11 is 0. The van der Waals surface area contributed by atoms with Crippen LogP contribution >= 0.6 is 0 Å². The normalized spacial score (nSPS) is 10.3. The molecular weight excluding hydrogens is 292 g/mol. The van der Waals surface area contributed by atoms with Crippen molar-refractivity contribution in [2.24, 2.45) is 0 Å². The number of carbonyl (C=O) groups is 1. The van der Waals surface area contributed by atoms with Gasteiger partial charge in [0.25, 0.3) is 0 Å². The van der Waals surface area contributed by atoms with Crippen LogP contribution in [0.25, 0.3) is 10.9 Å². The van der Waals surface area contributed by atoms with Crippen molar-refractivity contribution in [3.05, 3.63) is 54.5 Å². The van der Waals surface area contributed by atoms with Gasteiger partial charge in [-0.2, -0.15) is 0 Å². The van der Waals surface area contributed by atoms with E-state index in [0.717, 1.165) is 28.6 Å². The lowest BCUT2D eigenvalue weighted by molar-refractivity contribution is 0.112. The zero-order valence-electron chi connectivity index (χ0n) is 12.9. The molecule has 23 heavy (non-hydrogen) atoms. The summed E-state index contributed by atoms with van der Waals surface area (Å²) in [6.07, 6.45) is 5.77. The van der Waals surface area contributed by atoms with Crippen molar-refractivity contribution in [3.8, 4) is 5.75 Å². The van der Waals surface area contributed by atoms with Crippen LogP contribution in [0.4, 0.5) is 11.4 Å². The lowest BCUT2D eigenvalue weighted by Crippen LogP contribution is -2.25. The molecular formula is C17H16N4O2. The fraction of sp³-hybridized carbons (Fsp3) is 0.118. The molecule has 0 aliphatic heterocycles. The average molecular weight is 308 g/mol. The van der Waals surface area contributed by atoms with E-state index in [4.69, 9.17) is 4.74 Å². The lowest BCUT2D eigenvalue weighted by atomic mass is 10.1. The van der Waals surface area contributed by atoms with E-state index in [1.54, 1.807) is 25.7 Å². The first kappa shape index (κ1) is 14.8. The molecule has 2 aromatic heterocycles. The van der Waals surface area contributed by atoms with Gasteiger partial charge in [0, 0.05) is 37.1 Å². The molecule has 0 bridgehead atoms. The third-order valence-corrected chi connectivity index (χ3v) is 3.56. The molecule has 116 valence electrons. The van der Waals surface area contributed by atoms with E-state index in [1.165, 1.54) is 0 Å². The van der Waals surface area contributed by atoms with Gasteiger partial charge in [0.2, 0.25) is 0 Å². The van der Waals surface area contributed by atoms with Gasteiger partial charge in [0.05, 0.1) is 29.6 Å². The van der Waals surface area contributed by atoms with Crippen LogP contribution < -0.4 is 15.2 Å². The minimum absolute atomic E-state index is 0.489. The molecule has 1 N–H and O–H groups in total. The van der Waals surface area contributed by atoms with Gasteiger partial charge in [-0.25, -0.2) is 0 Å². The largest absolute Gasteiger partial charge is 0.497 e. The summed E-state index contributed by atoms with van der Waals surface area (Å²) < 4.78 is 5.22. The van der Waals surface area contributed by atoms with Crippen LogP contribution in [-0.2, 0) is 0 Å². The highest BCUT2D eigenvalue weighted by molar-refractivity contribution is 6.00. The molecule has 0 amide bonds. The van der Waals surface area contributed by atoms with Crippen LogP contribution in [0.2, 0.25) is 0 Å². The standard InChI is InChI=1S/C17H16N4O2/c1-21(13-5-7-18-8-6-13)20-17-12(11-22)10-19-16-9-14(23-2)3-4-15(16)17/h3-11H,1-2H3,(H,19,20). The molecule has 0 unspecified atom stereocenters. The van der Waals surface area contributed by atoms with Gasteiger partial charge in [-0.3, -0.25) is 25.2 Å². The number of fused-ring (bicyclic) bond motifs is 1. The van der Waals surface area contributed by atoms with Crippen LogP contribution in [0, 0.1) is 0 Å².